The average Bonchev–Trinajstić information content (AvgIpc) is 2.96. The molecule has 1 unspecified atom stereocenters. The fraction of sp³-hybridized carbons (Fsp3) is 0.667. The summed E-state index contributed by atoms with van der Waals surface area (Å²) in [6.45, 7) is 2.87. The van der Waals surface area contributed by atoms with Crippen LogP contribution in [0, 0.1) is 5.92 Å². The quantitative estimate of drug-likeness (QED) is 0.766. The Labute approximate surface area is 106 Å². The van der Waals surface area contributed by atoms with Crippen molar-refractivity contribution in [2.75, 3.05) is 26.8 Å². The van der Waals surface area contributed by atoms with Crippen molar-refractivity contribution >= 4 is 5.97 Å². The van der Waals surface area contributed by atoms with Crippen molar-refractivity contribution in [3.05, 3.63) is 17.5 Å². The van der Waals surface area contributed by atoms with E-state index < -0.39 is 5.97 Å². The third-order valence-corrected chi connectivity index (χ3v) is 3.39. The Kier molecular flexibility index (Phi) is 3.98. The fourth-order valence-electron chi connectivity index (χ4n) is 2.29. The van der Waals surface area contributed by atoms with Gasteiger partial charge in [0.2, 0.25) is 0 Å². The SMILES string of the molecule is COC(=O)c1cc(CN2CCC(CO)C2)n(C)n1. The molecule has 6 heteroatoms. The summed E-state index contributed by atoms with van der Waals surface area (Å²) in [4.78, 5) is 13.6. The zero-order valence-corrected chi connectivity index (χ0v) is 10.8. The molecule has 0 bridgehead atoms. The van der Waals surface area contributed by atoms with Gasteiger partial charge in [-0.15, -0.1) is 0 Å². The zero-order valence-electron chi connectivity index (χ0n) is 10.8. The minimum Gasteiger partial charge on any atom is -0.464 e. The van der Waals surface area contributed by atoms with E-state index in [0.717, 1.165) is 31.7 Å². The number of carbonyl (C=O) groups is 1. The van der Waals surface area contributed by atoms with Gasteiger partial charge in [-0.05, 0) is 24.9 Å². The van der Waals surface area contributed by atoms with Crippen LogP contribution in [0.1, 0.15) is 22.6 Å². The van der Waals surface area contributed by atoms with Gasteiger partial charge in [0.05, 0.1) is 12.8 Å². The zero-order chi connectivity index (χ0) is 13.1. The summed E-state index contributed by atoms with van der Waals surface area (Å²) in [5, 5.41) is 13.2. The van der Waals surface area contributed by atoms with E-state index in [4.69, 9.17) is 5.11 Å². The van der Waals surface area contributed by atoms with Crippen LogP contribution >= 0.6 is 0 Å². The van der Waals surface area contributed by atoms with E-state index in [0.29, 0.717) is 11.6 Å². The van der Waals surface area contributed by atoms with Gasteiger partial charge < -0.3 is 9.84 Å². The molecule has 1 aliphatic rings. The minimum absolute atomic E-state index is 0.245. The summed E-state index contributed by atoms with van der Waals surface area (Å²) < 4.78 is 6.35. The second kappa shape index (κ2) is 5.49. The van der Waals surface area contributed by atoms with E-state index in [2.05, 4.69) is 14.7 Å². The van der Waals surface area contributed by atoms with Crippen molar-refractivity contribution in [1.82, 2.24) is 14.7 Å². The normalized spacial score (nSPS) is 20.3. The molecule has 1 atom stereocenters. The topological polar surface area (TPSA) is 67.6 Å². The summed E-state index contributed by atoms with van der Waals surface area (Å²) >= 11 is 0. The number of likely N-dealkylation sites (tertiary alicyclic amines) is 1. The van der Waals surface area contributed by atoms with Crippen molar-refractivity contribution < 1.29 is 14.6 Å². The Hall–Kier alpha value is -1.40. The molecule has 2 heterocycles. The average molecular weight is 253 g/mol. The molecule has 1 aromatic heterocycles. The first kappa shape index (κ1) is 13.0. The molecule has 0 saturated carbocycles. The van der Waals surface area contributed by atoms with E-state index >= 15 is 0 Å². The van der Waals surface area contributed by atoms with Crippen molar-refractivity contribution in [2.45, 2.75) is 13.0 Å². The maximum atomic E-state index is 11.4. The lowest BCUT2D eigenvalue weighted by molar-refractivity contribution is 0.0593. The summed E-state index contributed by atoms with van der Waals surface area (Å²) in [5.74, 6) is -0.0372. The van der Waals surface area contributed by atoms with Crippen LogP contribution in [-0.4, -0.2) is 52.6 Å². The Balaban J connectivity index is 2.01. The van der Waals surface area contributed by atoms with Gasteiger partial charge in [-0.1, -0.05) is 0 Å². The molecule has 6 nitrogen and oxygen atoms in total. The molecule has 1 fully saturated rings. The monoisotopic (exact) mass is 253 g/mol. The van der Waals surface area contributed by atoms with E-state index in [1.165, 1.54) is 7.11 Å². The fourth-order valence-corrected chi connectivity index (χ4v) is 2.29. The number of nitrogens with zero attached hydrogens (tertiary/aromatic N) is 3. The lowest BCUT2D eigenvalue weighted by Crippen LogP contribution is -2.22. The van der Waals surface area contributed by atoms with Crippen LogP contribution in [0.25, 0.3) is 0 Å². The van der Waals surface area contributed by atoms with E-state index in [-0.39, 0.29) is 6.61 Å². The van der Waals surface area contributed by atoms with Crippen LogP contribution in [0.15, 0.2) is 6.07 Å². The first-order valence-electron chi connectivity index (χ1n) is 6.08. The molecule has 1 aromatic rings. The Morgan fingerprint density at radius 2 is 2.44 bits per heavy atom. The molecule has 1 N–H and O–H groups in total. The molecule has 0 amide bonds. The van der Waals surface area contributed by atoms with Crippen LogP contribution in [0.5, 0.6) is 0 Å². The molecule has 0 radical (unpaired) electrons. The number of aryl methyl sites for hydroxylation is 1. The number of aliphatic hydroxyl groups excluding tert-OH is 1. The van der Waals surface area contributed by atoms with E-state index in [9.17, 15) is 4.79 Å². The van der Waals surface area contributed by atoms with Crippen LogP contribution in [0.3, 0.4) is 0 Å². The Bertz CT molecular complexity index is 430. The smallest absolute Gasteiger partial charge is 0.358 e. The minimum atomic E-state index is -0.411. The van der Waals surface area contributed by atoms with Crippen LogP contribution < -0.4 is 0 Å². The maximum absolute atomic E-state index is 11.4. The van der Waals surface area contributed by atoms with Gasteiger partial charge in [0, 0.05) is 26.7 Å². The number of aliphatic hydroxyl groups is 1. The highest BCUT2D eigenvalue weighted by Gasteiger charge is 2.23. The molecule has 100 valence electrons. The molecular formula is C12H19N3O3. The number of ether oxygens (including phenoxy) is 1. The van der Waals surface area contributed by atoms with Gasteiger partial charge in [0.25, 0.3) is 0 Å². The third kappa shape index (κ3) is 2.70. The predicted octanol–water partition coefficient (Wildman–Crippen LogP) is 0.0209. The van der Waals surface area contributed by atoms with Gasteiger partial charge in [-0.2, -0.15) is 5.10 Å². The molecule has 0 aliphatic carbocycles. The standard InChI is InChI=1S/C12H19N3O3/c1-14-10(5-11(13-14)12(17)18-2)7-15-4-3-9(6-15)8-16/h5,9,16H,3-4,6-8H2,1-2H3. The highest BCUT2D eigenvalue weighted by atomic mass is 16.5. The Morgan fingerprint density at radius 3 is 3.06 bits per heavy atom. The van der Waals surface area contributed by atoms with Crippen LogP contribution in [0.4, 0.5) is 0 Å². The van der Waals surface area contributed by atoms with Crippen molar-refractivity contribution in [3.63, 3.8) is 0 Å². The van der Waals surface area contributed by atoms with Gasteiger partial charge >= 0.3 is 5.97 Å². The van der Waals surface area contributed by atoms with Gasteiger partial charge in [0.1, 0.15) is 0 Å². The largest absolute Gasteiger partial charge is 0.464 e. The number of rotatable bonds is 4. The first-order valence-corrected chi connectivity index (χ1v) is 6.08. The lowest BCUT2D eigenvalue weighted by atomic mass is 10.1. The number of aromatic nitrogens is 2. The summed E-state index contributed by atoms with van der Waals surface area (Å²) in [7, 11) is 3.17. The second-order valence-corrected chi connectivity index (χ2v) is 4.71. The van der Waals surface area contributed by atoms with Crippen LogP contribution in [-0.2, 0) is 18.3 Å². The summed E-state index contributed by atoms with van der Waals surface area (Å²) in [5.41, 5.74) is 1.32. The third-order valence-electron chi connectivity index (χ3n) is 3.39. The van der Waals surface area contributed by atoms with Gasteiger partial charge in [0.15, 0.2) is 5.69 Å². The predicted molar refractivity (Wildman–Crippen MR) is 65.0 cm³/mol. The number of carbonyl (C=O) groups excluding carboxylic acids is 1. The molecule has 1 saturated heterocycles. The first-order chi connectivity index (χ1) is 8.63. The Morgan fingerprint density at radius 1 is 1.67 bits per heavy atom. The van der Waals surface area contributed by atoms with Gasteiger partial charge in [-0.3, -0.25) is 9.58 Å². The van der Waals surface area contributed by atoms with Crippen molar-refractivity contribution in [3.8, 4) is 0 Å². The van der Waals surface area contributed by atoms with Crippen molar-refractivity contribution in [1.29, 1.82) is 0 Å². The van der Waals surface area contributed by atoms with Crippen LogP contribution in [0.2, 0.25) is 0 Å². The number of hydrogen-bond acceptors (Lipinski definition) is 5. The maximum Gasteiger partial charge on any atom is 0.358 e. The molecule has 0 aromatic carbocycles. The number of hydrogen-bond donors (Lipinski definition) is 1. The second-order valence-electron chi connectivity index (χ2n) is 4.71. The highest BCUT2D eigenvalue weighted by Crippen LogP contribution is 2.18. The lowest BCUT2D eigenvalue weighted by Gasteiger charge is -2.15. The molecule has 18 heavy (non-hydrogen) atoms. The van der Waals surface area contributed by atoms with E-state index in [1.807, 2.05) is 7.05 Å². The molecule has 1 aliphatic heterocycles. The van der Waals surface area contributed by atoms with E-state index in [1.54, 1.807) is 10.7 Å². The number of esters is 1. The summed E-state index contributed by atoms with van der Waals surface area (Å²) in [6.07, 6.45) is 1.03. The highest BCUT2D eigenvalue weighted by molar-refractivity contribution is 5.87. The summed E-state index contributed by atoms with van der Waals surface area (Å²) in [6, 6.07) is 1.76. The molecule has 0 spiro atoms. The molecular weight excluding hydrogens is 234 g/mol. The van der Waals surface area contributed by atoms with Crippen molar-refractivity contribution in [2.24, 2.45) is 13.0 Å². The van der Waals surface area contributed by atoms with Gasteiger partial charge in [-0.25, -0.2) is 4.79 Å². The number of methoxy groups -OCH3 is 1. The molecule has 2 rings (SSSR count).